The van der Waals surface area contributed by atoms with Crippen molar-refractivity contribution in [1.29, 1.82) is 0 Å². The van der Waals surface area contributed by atoms with Crippen LogP contribution in [0.25, 0.3) is 0 Å². The van der Waals surface area contributed by atoms with Crippen molar-refractivity contribution in [2.75, 3.05) is 53.0 Å². The number of aliphatic imine (C=N–C) groups is 1. The van der Waals surface area contributed by atoms with Gasteiger partial charge in [0.2, 0.25) is 0 Å². The van der Waals surface area contributed by atoms with E-state index >= 15 is 0 Å². The van der Waals surface area contributed by atoms with Crippen LogP contribution in [0.3, 0.4) is 0 Å². The maximum Gasteiger partial charge on any atom is 0.387 e. The van der Waals surface area contributed by atoms with E-state index in [0.29, 0.717) is 25.5 Å². The lowest BCUT2D eigenvalue weighted by Gasteiger charge is -2.26. The van der Waals surface area contributed by atoms with E-state index in [1.807, 2.05) is 0 Å². The Hall–Kier alpha value is -2.13. The highest BCUT2D eigenvalue weighted by atomic mass is 19.3. The molecular weight excluding hydrogens is 358 g/mol. The molecule has 0 saturated carbocycles. The summed E-state index contributed by atoms with van der Waals surface area (Å²) in [6.45, 7) is 2.81. The fourth-order valence-electron chi connectivity index (χ4n) is 2.77. The van der Waals surface area contributed by atoms with E-state index in [1.165, 1.54) is 7.11 Å². The van der Waals surface area contributed by atoms with E-state index in [1.54, 1.807) is 18.2 Å². The Labute approximate surface area is 158 Å². The number of nitrogens with one attached hydrogen (secondary N) is 1. The summed E-state index contributed by atoms with van der Waals surface area (Å²) in [5, 5.41) is 3.03. The third-order valence-corrected chi connectivity index (χ3v) is 4.18. The number of nitrogens with zero attached hydrogens (tertiary/aromatic N) is 2. The van der Waals surface area contributed by atoms with Gasteiger partial charge in [0, 0.05) is 32.7 Å². The van der Waals surface area contributed by atoms with Gasteiger partial charge in [-0.25, -0.2) is 0 Å². The van der Waals surface area contributed by atoms with E-state index in [9.17, 15) is 8.78 Å². The fourth-order valence-corrected chi connectivity index (χ4v) is 2.77. The molecule has 0 radical (unpaired) electrons. The van der Waals surface area contributed by atoms with Crippen LogP contribution in [0.15, 0.2) is 23.2 Å². The number of rotatable bonds is 10. The van der Waals surface area contributed by atoms with Gasteiger partial charge >= 0.3 is 6.61 Å². The molecule has 1 aliphatic rings. The zero-order chi connectivity index (χ0) is 19.5. The largest absolute Gasteiger partial charge is 0.493 e. The molecule has 0 spiro atoms. The topological polar surface area (TPSA) is 81.3 Å². The molecule has 1 fully saturated rings. The summed E-state index contributed by atoms with van der Waals surface area (Å²) in [4.78, 5) is 6.66. The number of guanidine groups is 1. The second-order valence-electron chi connectivity index (χ2n) is 6.12. The number of morpholine rings is 1. The second-order valence-corrected chi connectivity index (χ2v) is 6.12. The summed E-state index contributed by atoms with van der Waals surface area (Å²) in [7, 11) is 1.41. The molecule has 9 heteroatoms. The molecule has 3 N–H and O–H groups in total. The average molecular weight is 386 g/mol. The van der Waals surface area contributed by atoms with Crippen molar-refractivity contribution < 1.29 is 23.0 Å². The Bertz CT molecular complexity index is 596. The molecule has 1 aliphatic heterocycles. The maximum atomic E-state index is 12.5. The SMILES string of the molecule is COc1ccc(CCNC(N)=NCCCN2CCOCC2)cc1OC(F)F. The molecule has 7 nitrogen and oxygen atoms in total. The van der Waals surface area contributed by atoms with E-state index in [0.717, 1.165) is 44.8 Å². The Kier molecular flexibility index (Phi) is 9.06. The molecule has 0 bridgehead atoms. The van der Waals surface area contributed by atoms with Crippen LogP contribution in [-0.4, -0.2) is 70.5 Å². The van der Waals surface area contributed by atoms with Crippen molar-refractivity contribution in [1.82, 2.24) is 10.2 Å². The summed E-state index contributed by atoms with van der Waals surface area (Å²) in [6, 6.07) is 4.95. The lowest BCUT2D eigenvalue weighted by atomic mass is 10.1. The number of hydrogen-bond acceptors (Lipinski definition) is 5. The minimum absolute atomic E-state index is 0.0229. The molecule has 27 heavy (non-hydrogen) atoms. The van der Waals surface area contributed by atoms with Crippen molar-refractivity contribution in [2.45, 2.75) is 19.5 Å². The quantitative estimate of drug-likeness (QED) is 0.360. The maximum absolute atomic E-state index is 12.5. The van der Waals surface area contributed by atoms with E-state index in [2.05, 4.69) is 19.9 Å². The fraction of sp³-hybridized carbons (Fsp3) is 0.611. The number of nitrogens with two attached hydrogens (primary N) is 1. The van der Waals surface area contributed by atoms with Gasteiger partial charge in [0.15, 0.2) is 17.5 Å². The van der Waals surface area contributed by atoms with E-state index < -0.39 is 6.61 Å². The van der Waals surface area contributed by atoms with E-state index in [-0.39, 0.29) is 11.5 Å². The molecule has 0 atom stereocenters. The van der Waals surface area contributed by atoms with Crippen LogP contribution < -0.4 is 20.5 Å². The van der Waals surface area contributed by atoms with Crippen LogP contribution >= 0.6 is 0 Å². The van der Waals surface area contributed by atoms with Crippen molar-refractivity contribution in [3.63, 3.8) is 0 Å². The standard InChI is InChI=1S/C18H28F2N4O3/c1-25-15-4-3-14(13-16(15)27-17(19)20)5-7-23-18(21)22-6-2-8-24-9-11-26-12-10-24/h3-4,13,17H,2,5-12H2,1H3,(H3,21,22,23). The van der Waals surface area contributed by atoms with Crippen LogP contribution in [0, 0.1) is 0 Å². The Balaban J connectivity index is 1.69. The van der Waals surface area contributed by atoms with Crippen LogP contribution in [0.1, 0.15) is 12.0 Å². The highest BCUT2D eigenvalue weighted by Crippen LogP contribution is 2.29. The van der Waals surface area contributed by atoms with Crippen LogP contribution in [0.2, 0.25) is 0 Å². The zero-order valence-electron chi connectivity index (χ0n) is 15.6. The van der Waals surface area contributed by atoms with Gasteiger partial charge in [-0.15, -0.1) is 0 Å². The summed E-state index contributed by atoms with van der Waals surface area (Å²) in [6.07, 6.45) is 1.53. The summed E-state index contributed by atoms with van der Waals surface area (Å²) in [5.74, 6) is 0.678. The minimum Gasteiger partial charge on any atom is -0.493 e. The molecule has 1 aromatic rings. The minimum atomic E-state index is -2.90. The number of alkyl halides is 2. The Morgan fingerprint density at radius 3 is 2.81 bits per heavy atom. The van der Waals surface area contributed by atoms with Gasteiger partial charge in [0.05, 0.1) is 20.3 Å². The third kappa shape index (κ3) is 7.96. The summed E-state index contributed by atoms with van der Waals surface area (Å²) < 4.78 is 39.7. The molecule has 2 rings (SSSR count). The van der Waals surface area contributed by atoms with Gasteiger partial charge in [-0.05, 0) is 30.5 Å². The Morgan fingerprint density at radius 2 is 2.11 bits per heavy atom. The van der Waals surface area contributed by atoms with Gasteiger partial charge in [-0.1, -0.05) is 6.07 Å². The van der Waals surface area contributed by atoms with Crippen molar-refractivity contribution in [3.8, 4) is 11.5 Å². The number of hydrogen-bond donors (Lipinski definition) is 2. The van der Waals surface area contributed by atoms with Gasteiger partial charge < -0.3 is 25.3 Å². The predicted molar refractivity (Wildman–Crippen MR) is 99.7 cm³/mol. The first-order chi connectivity index (χ1) is 13.1. The molecule has 152 valence electrons. The first kappa shape index (κ1) is 21.2. The average Bonchev–Trinajstić information content (AvgIpc) is 2.66. The Morgan fingerprint density at radius 1 is 1.33 bits per heavy atom. The van der Waals surface area contributed by atoms with Gasteiger partial charge in [0.1, 0.15) is 0 Å². The van der Waals surface area contributed by atoms with Crippen LogP contribution in [0.4, 0.5) is 8.78 Å². The molecule has 0 unspecified atom stereocenters. The van der Waals surface area contributed by atoms with Gasteiger partial charge in [0.25, 0.3) is 0 Å². The van der Waals surface area contributed by atoms with Crippen LogP contribution in [-0.2, 0) is 11.2 Å². The predicted octanol–water partition coefficient (Wildman–Crippen LogP) is 1.47. The highest BCUT2D eigenvalue weighted by Gasteiger charge is 2.11. The van der Waals surface area contributed by atoms with Crippen LogP contribution in [0.5, 0.6) is 11.5 Å². The molecule has 1 heterocycles. The monoisotopic (exact) mass is 386 g/mol. The van der Waals surface area contributed by atoms with Crippen molar-refractivity contribution >= 4 is 5.96 Å². The first-order valence-corrected chi connectivity index (χ1v) is 9.04. The first-order valence-electron chi connectivity index (χ1n) is 9.04. The summed E-state index contributed by atoms with van der Waals surface area (Å²) >= 11 is 0. The normalized spacial score (nSPS) is 15.8. The number of methoxy groups -OCH3 is 1. The second kappa shape index (κ2) is 11.6. The smallest absolute Gasteiger partial charge is 0.387 e. The number of halogens is 2. The zero-order valence-corrected chi connectivity index (χ0v) is 15.6. The molecule has 0 aromatic heterocycles. The molecule has 1 aromatic carbocycles. The van der Waals surface area contributed by atoms with Crippen molar-refractivity contribution in [3.05, 3.63) is 23.8 Å². The molecule has 0 amide bonds. The molecular formula is C18H28F2N4O3. The number of benzene rings is 1. The highest BCUT2D eigenvalue weighted by molar-refractivity contribution is 5.77. The third-order valence-electron chi connectivity index (χ3n) is 4.18. The molecule has 1 saturated heterocycles. The van der Waals surface area contributed by atoms with Gasteiger partial charge in [-0.3, -0.25) is 9.89 Å². The van der Waals surface area contributed by atoms with Crippen molar-refractivity contribution in [2.24, 2.45) is 10.7 Å². The molecule has 0 aliphatic carbocycles. The lowest BCUT2D eigenvalue weighted by molar-refractivity contribution is -0.0512. The van der Waals surface area contributed by atoms with Gasteiger partial charge in [-0.2, -0.15) is 8.78 Å². The van der Waals surface area contributed by atoms with E-state index in [4.69, 9.17) is 15.2 Å². The summed E-state index contributed by atoms with van der Waals surface area (Å²) in [5.41, 5.74) is 6.69. The number of ether oxygens (including phenoxy) is 3. The lowest BCUT2D eigenvalue weighted by Crippen LogP contribution is -2.37.